The molecule has 1 saturated carbocycles. The number of aromatic nitrogens is 1. The van der Waals surface area contributed by atoms with Crippen LogP contribution in [0, 0.1) is 5.92 Å². The van der Waals surface area contributed by atoms with Crippen molar-refractivity contribution in [2.45, 2.75) is 38.6 Å². The molecule has 1 aromatic heterocycles. The van der Waals surface area contributed by atoms with Crippen molar-refractivity contribution in [3.8, 4) is 11.6 Å². The Bertz CT molecular complexity index is 961. The minimum Gasteiger partial charge on any atom is -0.437 e. The van der Waals surface area contributed by atoms with E-state index in [9.17, 15) is 13.2 Å². The van der Waals surface area contributed by atoms with E-state index in [-0.39, 0.29) is 29.7 Å². The number of carbonyl (C=O) groups is 1. The van der Waals surface area contributed by atoms with E-state index in [1.54, 1.807) is 18.2 Å². The smallest absolute Gasteiger partial charge is 0.267 e. The van der Waals surface area contributed by atoms with E-state index in [4.69, 9.17) is 4.74 Å². The molecule has 6 nitrogen and oxygen atoms in total. The number of rotatable bonds is 8. The van der Waals surface area contributed by atoms with Gasteiger partial charge in [0.15, 0.2) is 14.7 Å². The Morgan fingerprint density at radius 3 is 2.54 bits per heavy atom. The number of sulfone groups is 1. The summed E-state index contributed by atoms with van der Waals surface area (Å²) in [7, 11) is -3.25. The average Bonchev–Trinajstić information content (AvgIpc) is 3.38. The lowest BCUT2D eigenvalue weighted by molar-refractivity contribution is 0.0942. The van der Waals surface area contributed by atoms with Crippen LogP contribution < -0.4 is 10.1 Å². The summed E-state index contributed by atoms with van der Waals surface area (Å²) in [5.41, 5.74) is 0. The number of amides is 1. The van der Waals surface area contributed by atoms with Gasteiger partial charge in [0.05, 0.1) is 6.04 Å². The van der Waals surface area contributed by atoms with E-state index >= 15 is 0 Å². The molecule has 1 N–H and O–H groups in total. The monoisotopic (exact) mass is 420 g/mol. The van der Waals surface area contributed by atoms with E-state index in [0.29, 0.717) is 10.6 Å². The summed E-state index contributed by atoms with van der Waals surface area (Å²) in [4.78, 5) is 17.8. The molecule has 2 aromatic rings. The highest BCUT2D eigenvalue weighted by molar-refractivity contribution is 7.93. The highest BCUT2D eigenvalue weighted by atomic mass is 32.2. The van der Waals surface area contributed by atoms with Gasteiger partial charge in [-0.15, -0.1) is 11.3 Å². The van der Waals surface area contributed by atoms with Gasteiger partial charge in [-0.05, 0) is 30.9 Å². The van der Waals surface area contributed by atoms with Gasteiger partial charge in [0.2, 0.25) is 5.88 Å². The molecule has 1 aliphatic carbocycles. The third-order valence-corrected chi connectivity index (χ3v) is 6.22. The molecule has 150 valence electrons. The quantitative estimate of drug-likeness (QED) is 0.694. The van der Waals surface area contributed by atoms with Crippen molar-refractivity contribution in [3.05, 3.63) is 51.7 Å². The molecule has 0 unspecified atom stereocenters. The van der Waals surface area contributed by atoms with Crippen molar-refractivity contribution in [3.63, 3.8) is 0 Å². The Balaban J connectivity index is 1.84. The fourth-order valence-electron chi connectivity index (χ4n) is 2.60. The fraction of sp³-hybridized carbons (Fsp3) is 0.400. The Hall–Kier alpha value is -2.19. The zero-order chi connectivity index (χ0) is 20.3. The van der Waals surface area contributed by atoms with Crippen LogP contribution in [0.25, 0.3) is 0 Å². The Morgan fingerprint density at radius 2 is 1.96 bits per heavy atom. The fourth-order valence-corrected chi connectivity index (χ4v) is 3.96. The van der Waals surface area contributed by atoms with Gasteiger partial charge in [-0.25, -0.2) is 13.4 Å². The Labute approximate surface area is 169 Å². The summed E-state index contributed by atoms with van der Waals surface area (Å²) < 4.78 is 28.7. The number of ether oxygens (including phenoxy) is 1. The van der Waals surface area contributed by atoms with Gasteiger partial charge in [0, 0.05) is 17.6 Å². The van der Waals surface area contributed by atoms with Crippen LogP contribution in [-0.2, 0) is 9.84 Å². The van der Waals surface area contributed by atoms with Gasteiger partial charge >= 0.3 is 0 Å². The summed E-state index contributed by atoms with van der Waals surface area (Å²) in [5, 5.41) is 4.91. The molecule has 1 aromatic carbocycles. The van der Waals surface area contributed by atoms with Crippen LogP contribution in [-0.4, -0.2) is 31.6 Å². The van der Waals surface area contributed by atoms with Crippen molar-refractivity contribution in [2.24, 2.45) is 5.92 Å². The molecule has 0 aliphatic heterocycles. The number of nitrogens with zero attached hydrogens (tertiary/aromatic N) is 1. The molecular weight excluding hydrogens is 396 g/mol. The van der Waals surface area contributed by atoms with E-state index in [1.165, 1.54) is 11.3 Å². The molecule has 1 aliphatic rings. The van der Waals surface area contributed by atoms with Gasteiger partial charge in [-0.3, -0.25) is 4.79 Å². The predicted molar refractivity (Wildman–Crippen MR) is 111 cm³/mol. The summed E-state index contributed by atoms with van der Waals surface area (Å²) in [6.45, 7) is 4.02. The van der Waals surface area contributed by atoms with Crippen molar-refractivity contribution in [1.82, 2.24) is 10.3 Å². The predicted octanol–water partition coefficient (Wildman–Crippen LogP) is 4.13. The van der Waals surface area contributed by atoms with Crippen LogP contribution in [0.4, 0.5) is 0 Å². The third kappa shape index (κ3) is 5.65. The second-order valence-corrected chi connectivity index (χ2v) is 10.2. The SMILES string of the molecule is CC(C)c1nc(Oc2ccccc2)c(C(=O)N[C@H](/C=C/S(C)(=O)=O)C2CC2)s1. The Kier molecular flexibility index (Phi) is 6.20. The van der Waals surface area contributed by atoms with Crippen LogP contribution in [0.5, 0.6) is 11.6 Å². The molecule has 0 saturated heterocycles. The molecule has 3 rings (SSSR count). The highest BCUT2D eigenvalue weighted by Gasteiger charge is 2.32. The maximum atomic E-state index is 13.0. The van der Waals surface area contributed by atoms with Crippen LogP contribution in [0.2, 0.25) is 0 Å². The van der Waals surface area contributed by atoms with E-state index < -0.39 is 9.84 Å². The molecule has 1 heterocycles. The van der Waals surface area contributed by atoms with Crippen LogP contribution >= 0.6 is 11.3 Å². The van der Waals surface area contributed by atoms with Crippen LogP contribution in [0.3, 0.4) is 0 Å². The first-order valence-electron chi connectivity index (χ1n) is 9.15. The van der Waals surface area contributed by atoms with Crippen LogP contribution in [0.1, 0.15) is 47.3 Å². The number of nitrogens with one attached hydrogen (secondary N) is 1. The lowest BCUT2D eigenvalue weighted by Gasteiger charge is -2.14. The number of para-hydroxylation sites is 1. The van der Waals surface area contributed by atoms with E-state index in [2.05, 4.69) is 10.3 Å². The topological polar surface area (TPSA) is 85.4 Å². The van der Waals surface area contributed by atoms with Crippen molar-refractivity contribution in [2.75, 3.05) is 6.26 Å². The first kappa shape index (κ1) is 20.5. The highest BCUT2D eigenvalue weighted by Crippen LogP contribution is 2.36. The number of thiazole rings is 1. The zero-order valence-corrected chi connectivity index (χ0v) is 17.7. The van der Waals surface area contributed by atoms with E-state index in [1.807, 2.05) is 32.0 Å². The summed E-state index contributed by atoms with van der Waals surface area (Å²) in [6.07, 6.45) is 4.63. The summed E-state index contributed by atoms with van der Waals surface area (Å²) in [6, 6.07) is 8.87. The molecule has 1 atom stereocenters. The minimum absolute atomic E-state index is 0.161. The number of hydrogen-bond acceptors (Lipinski definition) is 6. The van der Waals surface area contributed by atoms with Gasteiger partial charge in [0.1, 0.15) is 10.8 Å². The average molecular weight is 421 g/mol. The minimum atomic E-state index is -3.25. The lowest BCUT2D eigenvalue weighted by Crippen LogP contribution is -2.34. The third-order valence-electron chi connectivity index (χ3n) is 4.23. The lowest BCUT2D eigenvalue weighted by atomic mass is 10.2. The molecule has 1 amide bonds. The summed E-state index contributed by atoms with van der Waals surface area (Å²) in [5.74, 6) is 1.00. The van der Waals surface area contributed by atoms with Gasteiger partial charge in [0.25, 0.3) is 5.91 Å². The zero-order valence-electron chi connectivity index (χ0n) is 16.1. The number of hydrogen-bond donors (Lipinski definition) is 1. The van der Waals surface area contributed by atoms with Crippen molar-refractivity contribution < 1.29 is 17.9 Å². The number of carbonyl (C=O) groups excluding carboxylic acids is 1. The first-order chi connectivity index (χ1) is 13.2. The van der Waals surface area contributed by atoms with Crippen molar-refractivity contribution >= 4 is 27.1 Å². The van der Waals surface area contributed by atoms with Gasteiger partial charge in [-0.1, -0.05) is 38.1 Å². The molecule has 0 bridgehead atoms. The normalized spacial score (nSPS) is 15.7. The van der Waals surface area contributed by atoms with E-state index in [0.717, 1.165) is 29.5 Å². The second kappa shape index (κ2) is 8.45. The summed E-state index contributed by atoms with van der Waals surface area (Å²) >= 11 is 1.30. The molecule has 0 spiro atoms. The molecular formula is C20H24N2O4S2. The first-order valence-corrected chi connectivity index (χ1v) is 11.9. The second-order valence-electron chi connectivity index (χ2n) is 7.25. The van der Waals surface area contributed by atoms with Crippen molar-refractivity contribution in [1.29, 1.82) is 0 Å². The molecule has 0 radical (unpaired) electrons. The molecule has 8 heteroatoms. The maximum Gasteiger partial charge on any atom is 0.267 e. The molecule has 28 heavy (non-hydrogen) atoms. The standard InChI is InChI=1S/C20H24N2O4S2/c1-13(2)20-22-19(26-15-7-5-4-6-8-15)17(27-20)18(23)21-16(14-9-10-14)11-12-28(3,24)25/h4-8,11-14,16H,9-10H2,1-3H3,(H,21,23)/b12-11+/t16-/m1/s1. The van der Waals surface area contributed by atoms with Crippen LogP contribution in [0.15, 0.2) is 41.8 Å². The molecule has 1 fully saturated rings. The van der Waals surface area contributed by atoms with Gasteiger partial charge in [-0.2, -0.15) is 0 Å². The van der Waals surface area contributed by atoms with Gasteiger partial charge < -0.3 is 10.1 Å². The maximum absolute atomic E-state index is 13.0. The number of benzene rings is 1. The Morgan fingerprint density at radius 1 is 1.29 bits per heavy atom. The largest absolute Gasteiger partial charge is 0.437 e.